The number of hydrogen-bond donors (Lipinski definition) is 0. The molecule has 1 heterocycles. The van der Waals surface area contributed by atoms with E-state index in [0.717, 1.165) is 52.1 Å². The van der Waals surface area contributed by atoms with Gasteiger partial charge in [-0.05, 0) is 61.1 Å². The van der Waals surface area contributed by atoms with Crippen LogP contribution < -0.4 is 9.47 Å². The van der Waals surface area contributed by atoms with Crippen LogP contribution in [0.2, 0.25) is 0 Å². The molecule has 0 aromatic heterocycles. The van der Waals surface area contributed by atoms with Gasteiger partial charge < -0.3 is 19.1 Å². The maximum absolute atomic E-state index is 14.2. The van der Waals surface area contributed by atoms with Gasteiger partial charge in [-0.3, -0.25) is 9.59 Å². The van der Waals surface area contributed by atoms with Crippen LogP contribution in [-0.4, -0.2) is 43.3 Å². The van der Waals surface area contributed by atoms with Gasteiger partial charge in [0.1, 0.15) is 6.61 Å². The van der Waals surface area contributed by atoms with Crippen LogP contribution in [0, 0.1) is 17.8 Å². The van der Waals surface area contributed by atoms with Crippen molar-refractivity contribution in [3.8, 4) is 11.5 Å². The number of ether oxygens (including phenoxy) is 3. The van der Waals surface area contributed by atoms with Crippen molar-refractivity contribution < 1.29 is 23.8 Å². The molecule has 2 aromatic carbocycles. The number of Topliss-reactive ketones (excluding diaryl/α,β-unsaturated/α-hetero) is 2. The predicted molar refractivity (Wildman–Crippen MR) is 178 cm³/mol. The number of methoxy groups -OCH3 is 1. The van der Waals surface area contributed by atoms with Crippen molar-refractivity contribution in [1.82, 2.24) is 4.90 Å². The molecule has 0 atom stereocenters. The van der Waals surface area contributed by atoms with E-state index in [0.29, 0.717) is 57.1 Å². The summed E-state index contributed by atoms with van der Waals surface area (Å²) >= 11 is 0. The van der Waals surface area contributed by atoms with Gasteiger partial charge in [-0.25, -0.2) is 0 Å². The Kier molecular flexibility index (Phi) is 9.46. The summed E-state index contributed by atoms with van der Waals surface area (Å²) in [5.74, 6) is 1.06. The minimum Gasteiger partial charge on any atom is -0.490 e. The first kappa shape index (κ1) is 32.7. The molecule has 6 nitrogen and oxygen atoms in total. The summed E-state index contributed by atoms with van der Waals surface area (Å²) in [7, 11) is 1.70. The Hall–Kier alpha value is -3.64. The third-order valence-corrected chi connectivity index (χ3v) is 9.20. The van der Waals surface area contributed by atoms with Gasteiger partial charge in [-0.1, -0.05) is 69.7 Å². The minimum absolute atomic E-state index is 0.112. The number of carbonyl (C=O) groups excluding carboxylic acids is 2. The minimum atomic E-state index is -0.463. The van der Waals surface area contributed by atoms with E-state index in [1.165, 1.54) is 5.56 Å². The highest BCUT2D eigenvalue weighted by atomic mass is 16.5. The lowest BCUT2D eigenvalue weighted by Crippen LogP contribution is -2.45. The second kappa shape index (κ2) is 13.0. The summed E-state index contributed by atoms with van der Waals surface area (Å²) in [6, 6.07) is 12.4. The Bertz CT molecular complexity index is 1490. The van der Waals surface area contributed by atoms with Crippen LogP contribution in [0.5, 0.6) is 11.5 Å². The highest BCUT2D eigenvalue weighted by molar-refractivity contribution is 6.06. The van der Waals surface area contributed by atoms with Gasteiger partial charge in [-0.2, -0.15) is 0 Å². The summed E-state index contributed by atoms with van der Waals surface area (Å²) in [5, 5.41) is 0. The van der Waals surface area contributed by atoms with Gasteiger partial charge in [0.25, 0.3) is 0 Å². The third-order valence-electron chi connectivity index (χ3n) is 9.20. The monoisotopic (exact) mass is 611 g/mol. The van der Waals surface area contributed by atoms with Gasteiger partial charge in [0.15, 0.2) is 23.1 Å². The van der Waals surface area contributed by atoms with Crippen LogP contribution in [-0.2, 0) is 27.4 Å². The zero-order valence-electron chi connectivity index (χ0n) is 28.2. The highest BCUT2D eigenvalue weighted by Gasteiger charge is 2.49. The molecule has 0 N–H and O–H groups in total. The number of nitrogens with zero attached hydrogens (tertiary/aromatic N) is 1. The van der Waals surface area contributed by atoms with E-state index in [1.54, 1.807) is 7.11 Å². The zero-order chi connectivity index (χ0) is 32.5. The summed E-state index contributed by atoms with van der Waals surface area (Å²) in [6.45, 7) is 18.7. The van der Waals surface area contributed by atoms with Gasteiger partial charge in [0.2, 0.25) is 0 Å². The van der Waals surface area contributed by atoms with Crippen molar-refractivity contribution in [2.75, 3.05) is 26.9 Å². The fourth-order valence-corrected chi connectivity index (χ4v) is 7.26. The van der Waals surface area contributed by atoms with Crippen molar-refractivity contribution in [2.24, 2.45) is 10.8 Å². The number of carbonyl (C=O) groups is 2. The fourth-order valence-electron chi connectivity index (χ4n) is 7.26. The predicted octanol–water partition coefficient (Wildman–Crippen LogP) is 8.03. The number of hydrogen-bond acceptors (Lipinski definition) is 6. The van der Waals surface area contributed by atoms with Crippen LogP contribution in [0.3, 0.4) is 0 Å². The van der Waals surface area contributed by atoms with E-state index >= 15 is 0 Å². The molecular weight excluding hydrogens is 562 g/mol. The lowest BCUT2D eigenvalue weighted by Gasteiger charge is -2.49. The molecule has 240 valence electrons. The zero-order valence-corrected chi connectivity index (χ0v) is 28.2. The average molecular weight is 612 g/mol. The maximum atomic E-state index is 14.2. The number of allylic oxidation sites excluding steroid dienone is 5. The summed E-state index contributed by atoms with van der Waals surface area (Å²) in [4.78, 5) is 30.7. The maximum Gasteiger partial charge on any atom is 0.165 e. The van der Waals surface area contributed by atoms with Gasteiger partial charge in [-0.15, -0.1) is 6.58 Å². The number of aryl methyl sites for hydroxylation is 1. The first-order valence-corrected chi connectivity index (χ1v) is 16.3. The van der Waals surface area contributed by atoms with Gasteiger partial charge in [0.05, 0.1) is 13.2 Å². The molecule has 0 amide bonds. The SMILES string of the molecule is C=CCc1cc(C2C3=C(CC(C)(C)CC3=O)N(CCOC)C3=C2C(=O)CC(C)(C)C3)cc(OCC)c1OCc1ccc(C)cc1. The Morgan fingerprint density at radius 2 is 1.51 bits per heavy atom. The molecule has 6 heteroatoms. The summed E-state index contributed by atoms with van der Waals surface area (Å²) in [6.07, 6.45) is 4.82. The molecule has 2 aromatic rings. The van der Waals surface area contributed by atoms with E-state index in [4.69, 9.17) is 14.2 Å². The molecule has 2 aliphatic carbocycles. The molecule has 3 aliphatic rings. The molecule has 0 spiro atoms. The fraction of sp³-hybridized carbons (Fsp3) is 0.487. The lowest BCUT2D eigenvalue weighted by molar-refractivity contribution is -0.119. The van der Waals surface area contributed by atoms with Crippen molar-refractivity contribution in [1.29, 1.82) is 0 Å². The molecule has 5 rings (SSSR count). The van der Waals surface area contributed by atoms with E-state index in [9.17, 15) is 9.59 Å². The highest BCUT2D eigenvalue weighted by Crippen LogP contribution is 2.55. The average Bonchev–Trinajstić information content (AvgIpc) is 2.95. The van der Waals surface area contributed by atoms with Crippen LogP contribution in [0.25, 0.3) is 0 Å². The Balaban J connectivity index is 1.70. The molecular formula is C39H49NO5. The molecule has 45 heavy (non-hydrogen) atoms. The van der Waals surface area contributed by atoms with E-state index in [-0.39, 0.29) is 22.4 Å². The lowest BCUT2D eigenvalue weighted by atomic mass is 9.63. The Morgan fingerprint density at radius 3 is 2.04 bits per heavy atom. The Labute approximate surface area is 269 Å². The van der Waals surface area contributed by atoms with Crippen LogP contribution >= 0.6 is 0 Å². The van der Waals surface area contributed by atoms with Gasteiger partial charge >= 0.3 is 0 Å². The van der Waals surface area contributed by atoms with Crippen LogP contribution in [0.1, 0.15) is 88.5 Å². The standard InChI is InChI=1S/C39H49NO5/c1-9-11-27-18-28(19-33(44-10-2)37(27)45-24-26-14-12-25(3)13-15-26)34-35-29(20-38(4,5)22-31(35)41)40(16-17-43-8)30-21-39(6,7)23-32(42)36(30)34/h9,12-15,18-19,34H,1,10-11,16-17,20-24H2,2-8H3. The van der Waals surface area contributed by atoms with Crippen molar-refractivity contribution in [3.05, 3.63) is 93.8 Å². The molecule has 0 saturated heterocycles. The van der Waals surface area contributed by atoms with Gasteiger partial charge in [0, 0.05) is 60.5 Å². The molecule has 0 fully saturated rings. The molecule has 0 bridgehead atoms. The first-order chi connectivity index (χ1) is 21.4. The van der Waals surface area contributed by atoms with Crippen LogP contribution in [0.4, 0.5) is 0 Å². The summed E-state index contributed by atoms with van der Waals surface area (Å²) < 4.78 is 18.2. The quantitative estimate of drug-likeness (QED) is 0.240. The van der Waals surface area contributed by atoms with E-state index in [1.807, 2.05) is 19.1 Å². The normalized spacial score (nSPS) is 19.4. The van der Waals surface area contributed by atoms with Crippen molar-refractivity contribution >= 4 is 11.6 Å². The second-order valence-corrected chi connectivity index (χ2v) is 14.4. The molecule has 0 radical (unpaired) electrons. The number of benzene rings is 2. The van der Waals surface area contributed by atoms with E-state index < -0.39 is 5.92 Å². The Morgan fingerprint density at radius 1 is 0.911 bits per heavy atom. The first-order valence-electron chi connectivity index (χ1n) is 16.3. The largest absolute Gasteiger partial charge is 0.490 e. The van der Waals surface area contributed by atoms with E-state index in [2.05, 4.69) is 76.4 Å². The van der Waals surface area contributed by atoms with Crippen molar-refractivity contribution in [2.45, 2.75) is 86.2 Å². The van der Waals surface area contributed by atoms with Crippen LogP contribution in [0.15, 0.2) is 71.6 Å². The number of rotatable bonds is 11. The second-order valence-electron chi connectivity index (χ2n) is 14.4. The number of ketones is 2. The summed E-state index contributed by atoms with van der Waals surface area (Å²) in [5.41, 5.74) is 7.28. The third kappa shape index (κ3) is 6.81. The molecule has 1 aliphatic heterocycles. The molecule has 0 unspecified atom stereocenters. The molecule has 0 saturated carbocycles. The topological polar surface area (TPSA) is 65.1 Å². The van der Waals surface area contributed by atoms with Crippen molar-refractivity contribution in [3.63, 3.8) is 0 Å². The smallest absolute Gasteiger partial charge is 0.165 e.